The average molecular weight is 312 g/mol. The van der Waals surface area contributed by atoms with Crippen LogP contribution in [0, 0.1) is 0 Å². The number of allylic oxidation sites excluding steroid dienone is 4. The lowest BCUT2D eigenvalue weighted by molar-refractivity contribution is 0.400. The van der Waals surface area contributed by atoms with Gasteiger partial charge in [-0.25, -0.2) is 0 Å². The summed E-state index contributed by atoms with van der Waals surface area (Å²) in [6.07, 6.45) is 5.31. The number of rotatable bonds is 2. The van der Waals surface area contributed by atoms with Crippen LogP contribution in [-0.4, -0.2) is 6.71 Å². The van der Waals surface area contributed by atoms with E-state index in [0.29, 0.717) is 5.76 Å². The van der Waals surface area contributed by atoms with Gasteiger partial charge in [0.05, 0.1) is 0 Å². The fraction of sp³-hybridized carbons (Fsp3) is 0. The first-order valence-electron chi connectivity index (χ1n) is 7.81. The van der Waals surface area contributed by atoms with Gasteiger partial charge in [0.1, 0.15) is 34.5 Å². The summed E-state index contributed by atoms with van der Waals surface area (Å²) < 4.78 is 18.3. The minimum atomic E-state index is 0.0119. The predicted molar refractivity (Wildman–Crippen MR) is 94.7 cm³/mol. The molecule has 0 fully saturated rings. The summed E-state index contributed by atoms with van der Waals surface area (Å²) in [5.74, 6) is 4.69. The van der Waals surface area contributed by atoms with E-state index in [1.54, 1.807) is 12.2 Å². The van der Waals surface area contributed by atoms with Crippen molar-refractivity contribution in [1.82, 2.24) is 0 Å². The highest BCUT2D eigenvalue weighted by molar-refractivity contribution is 6.94. The van der Waals surface area contributed by atoms with Gasteiger partial charge in [-0.15, -0.1) is 0 Å². The van der Waals surface area contributed by atoms with Crippen molar-refractivity contribution in [3.05, 3.63) is 84.8 Å². The van der Waals surface area contributed by atoms with Gasteiger partial charge >= 0.3 is 0 Å². The van der Waals surface area contributed by atoms with Crippen LogP contribution in [-0.2, 0) is 0 Å². The Morgan fingerprint density at radius 1 is 0.792 bits per heavy atom. The molecule has 0 aromatic heterocycles. The van der Waals surface area contributed by atoms with Crippen LogP contribution in [0.25, 0.3) is 0 Å². The molecule has 0 N–H and O–H groups in total. The molecule has 0 saturated carbocycles. The van der Waals surface area contributed by atoms with E-state index in [-0.39, 0.29) is 6.71 Å². The zero-order valence-electron chi connectivity index (χ0n) is 12.9. The van der Waals surface area contributed by atoms with Crippen LogP contribution >= 0.6 is 0 Å². The van der Waals surface area contributed by atoms with Crippen LogP contribution in [0.3, 0.4) is 0 Å². The van der Waals surface area contributed by atoms with Gasteiger partial charge in [0.2, 0.25) is 0 Å². The molecule has 24 heavy (non-hydrogen) atoms. The Morgan fingerprint density at radius 2 is 1.38 bits per heavy atom. The number of benzene rings is 2. The summed E-state index contributed by atoms with van der Waals surface area (Å²) in [6, 6.07) is 11.8. The normalized spacial score (nSPS) is 17.5. The van der Waals surface area contributed by atoms with E-state index in [2.05, 4.69) is 13.2 Å². The van der Waals surface area contributed by atoms with E-state index in [0.717, 1.165) is 45.2 Å². The Bertz CT molecular complexity index is 984. The Labute approximate surface area is 140 Å². The first-order valence-corrected chi connectivity index (χ1v) is 7.81. The Hall–Kier alpha value is -3.14. The van der Waals surface area contributed by atoms with Crippen molar-refractivity contribution >= 4 is 17.6 Å². The molecule has 3 nitrogen and oxygen atoms in total. The zero-order valence-corrected chi connectivity index (χ0v) is 12.9. The van der Waals surface area contributed by atoms with Crippen molar-refractivity contribution in [1.29, 1.82) is 0 Å². The van der Waals surface area contributed by atoms with Gasteiger partial charge in [0.25, 0.3) is 6.71 Å². The van der Waals surface area contributed by atoms with E-state index in [1.807, 2.05) is 42.5 Å². The summed E-state index contributed by atoms with van der Waals surface area (Å²) in [6.45, 7) is 7.73. The fourth-order valence-electron chi connectivity index (χ4n) is 3.66. The minimum absolute atomic E-state index is 0.0119. The molecule has 0 radical (unpaired) electrons. The summed E-state index contributed by atoms with van der Waals surface area (Å²) in [5.41, 5.74) is 3.04. The van der Waals surface area contributed by atoms with Crippen molar-refractivity contribution in [3.8, 4) is 23.0 Å². The van der Waals surface area contributed by atoms with Crippen LogP contribution in [0.15, 0.2) is 84.8 Å². The molecule has 0 atom stereocenters. The second-order valence-electron chi connectivity index (χ2n) is 5.82. The Kier molecular flexibility index (Phi) is 2.60. The largest absolute Gasteiger partial charge is 0.458 e. The number of hydrogen-bond donors (Lipinski definition) is 0. The molecule has 0 unspecified atom stereocenters. The monoisotopic (exact) mass is 312 g/mol. The molecule has 0 bridgehead atoms. The molecule has 114 valence electrons. The molecule has 0 amide bonds. The fourth-order valence-corrected chi connectivity index (χ4v) is 3.66. The topological polar surface area (TPSA) is 27.7 Å². The van der Waals surface area contributed by atoms with E-state index in [4.69, 9.17) is 14.2 Å². The Morgan fingerprint density at radius 3 is 1.96 bits per heavy atom. The third-order valence-corrected chi connectivity index (χ3v) is 4.56. The lowest BCUT2D eigenvalue weighted by Crippen LogP contribution is -2.54. The maximum absolute atomic E-state index is 6.12. The van der Waals surface area contributed by atoms with Gasteiger partial charge in [-0.1, -0.05) is 31.4 Å². The summed E-state index contributed by atoms with van der Waals surface area (Å²) in [5, 5.41) is 0. The molecule has 0 aliphatic carbocycles. The van der Waals surface area contributed by atoms with Crippen LogP contribution < -0.4 is 25.1 Å². The van der Waals surface area contributed by atoms with Crippen LogP contribution in [0.4, 0.5) is 0 Å². The van der Waals surface area contributed by atoms with Crippen molar-refractivity contribution in [2.45, 2.75) is 0 Å². The minimum Gasteiger partial charge on any atom is -0.458 e. The van der Waals surface area contributed by atoms with E-state index in [9.17, 15) is 0 Å². The van der Waals surface area contributed by atoms with Gasteiger partial charge < -0.3 is 14.2 Å². The standard InChI is InChI=1S/C20H13BO3/c1-3-7-13-18-12(4-2)22-14-8-5-10-16-19(14)21(18)20-15(23-13)9-6-11-17(20)24-16/h3-11H,1-2H2/b13-7+. The van der Waals surface area contributed by atoms with Gasteiger partial charge in [-0.05, 0) is 36.4 Å². The second kappa shape index (κ2) is 4.68. The second-order valence-corrected chi connectivity index (χ2v) is 5.82. The third kappa shape index (κ3) is 1.57. The van der Waals surface area contributed by atoms with Gasteiger partial charge in [0.15, 0.2) is 0 Å². The highest BCUT2D eigenvalue weighted by Gasteiger charge is 2.47. The molecule has 0 saturated heterocycles. The lowest BCUT2D eigenvalue weighted by Gasteiger charge is -2.38. The van der Waals surface area contributed by atoms with E-state index in [1.165, 1.54) is 0 Å². The SMILES string of the molecule is C=C/C=C1/Oc2cccc3c2B2C1=C(C=C)Oc1cccc(c12)O3. The van der Waals surface area contributed by atoms with Gasteiger partial charge in [-0.3, -0.25) is 0 Å². The molecule has 4 heteroatoms. The van der Waals surface area contributed by atoms with Crippen molar-refractivity contribution in [3.63, 3.8) is 0 Å². The van der Waals surface area contributed by atoms with Crippen LogP contribution in [0.2, 0.25) is 0 Å². The maximum Gasteiger partial charge on any atom is 0.270 e. The summed E-state index contributed by atoms with van der Waals surface area (Å²) >= 11 is 0. The first-order chi connectivity index (χ1) is 11.8. The molecule has 2 aromatic rings. The first kappa shape index (κ1) is 13.3. The molecule has 0 spiro atoms. The Balaban J connectivity index is 1.92. The predicted octanol–water partition coefficient (Wildman–Crippen LogP) is 3.24. The number of ether oxygens (including phenoxy) is 3. The molecule has 3 aliphatic rings. The summed E-state index contributed by atoms with van der Waals surface area (Å²) in [4.78, 5) is 0. The van der Waals surface area contributed by atoms with Gasteiger partial charge in [0, 0.05) is 16.4 Å². The maximum atomic E-state index is 6.12. The van der Waals surface area contributed by atoms with E-state index < -0.39 is 0 Å². The molecule has 3 aliphatic heterocycles. The van der Waals surface area contributed by atoms with Crippen LogP contribution in [0.5, 0.6) is 23.0 Å². The van der Waals surface area contributed by atoms with Crippen molar-refractivity contribution < 1.29 is 14.2 Å². The number of hydrogen-bond acceptors (Lipinski definition) is 3. The average Bonchev–Trinajstić information content (AvgIpc) is 2.61. The van der Waals surface area contributed by atoms with E-state index >= 15 is 0 Å². The third-order valence-electron chi connectivity index (χ3n) is 4.56. The quantitative estimate of drug-likeness (QED) is 0.797. The zero-order chi connectivity index (χ0) is 16.3. The molecule has 3 heterocycles. The molecule has 2 aromatic carbocycles. The molecular formula is C20H13BO3. The molecular weight excluding hydrogens is 299 g/mol. The summed E-state index contributed by atoms with van der Waals surface area (Å²) in [7, 11) is 0. The highest BCUT2D eigenvalue weighted by Crippen LogP contribution is 2.41. The van der Waals surface area contributed by atoms with Gasteiger partial charge in [-0.2, -0.15) is 0 Å². The highest BCUT2D eigenvalue weighted by atomic mass is 16.5. The van der Waals surface area contributed by atoms with Crippen molar-refractivity contribution in [2.24, 2.45) is 0 Å². The molecule has 5 rings (SSSR count). The van der Waals surface area contributed by atoms with Crippen molar-refractivity contribution in [2.75, 3.05) is 0 Å². The van der Waals surface area contributed by atoms with Crippen LogP contribution in [0.1, 0.15) is 0 Å². The smallest absolute Gasteiger partial charge is 0.270 e. The lowest BCUT2D eigenvalue weighted by atomic mass is 9.33.